The molecule has 0 bridgehead atoms. The second-order valence-electron chi connectivity index (χ2n) is 5.15. The van der Waals surface area contributed by atoms with E-state index in [4.69, 9.17) is 17.3 Å². The largest absolute Gasteiger partial charge is 0.480 e. The number of aliphatic carboxylic acids is 1. The number of thiocarbonyl (C=S) groups is 1. The Labute approximate surface area is 148 Å². The molecule has 1 saturated heterocycles. The molecular weight excluding hydrogens is 342 g/mol. The van der Waals surface area contributed by atoms with Crippen molar-refractivity contribution in [1.82, 2.24) is 4.90 Å². The van der Waals surface area contributed by atoms with Crippen LogP contribution in [0.4, 0.5) is 0 Å². The Morgan fingerprint density at radius 2 is 1.71 bits per heavy atom. The van der Waals surface area contributed by atoms with Crippen molar-refractivity contribution in [3.05, 3.63) is 65.1 Å². The summed E-state index contributed by atoms with van der Waals surface area (Å²) >= 11 is 6.20. The molecule has 1 amide bonds. The lowest BCUT2D eigenvalue weighted by Gasteiger charge is -2.10. The quantitative estimate of drug-likeness (QED) is 0.670. The predicted molar refractivity (Wildman–Crippen MR) is 99.4 cm³/mol. The molecule has 2 aromatic rings. The zero-order chi connectivity index (χ0) is 17.1. The van der Waals surface area contributed by atoms with Crippen molar-refractivity contribution in [1.29, 1.82) is 0 Å². The zero-order valence-electron chi connectivity index (χ0n) is 12.5. The fraction of sp³-hybridized carbons (Fsp3) is 0.0556. The maximum Gasteiger partial charge on any atom is 0.323 e. The van der Waals surface area contributed by atoms with Gasteiger partial charge in [0.15, 0.2) is 0 Å². The highest BCUT2D eigenvalue weighted by Crippen LogP contribution is 2.32. The van der Waals surface area contributed by atoms with E-state index in [-0.39, 0.29) is 10.2 Å². The summed E-state index contributed by atoms with van der Waals surface area (Å²) in [6.07, 6.45) is 1.73. The summed E-state index contributed by atoms with van der Waals surface area (Å²) in [5, 5.41) is 8.84. The standard InChI is InChI=1S/C18H13NO3S2/c20-16(21)11-19-17(22)15(24-18(19)23)10-12-6-8-14(9-7-12)13-4-2-1-3-5-13/h1-10H,11H2,(H,20,21). The van der Waals surface area contributed by atoms with Crippen molar-refractivity contribution in [2.45, 2.75) is 0 Å². The Morgan fingerprint density at radius 3 is 2.33 bits per heavy atom. The molecule has 6 heteroatoms. The van der Waals surface area contributed by atoms with Crippen LogP contribution in [0, 0.1) is 0 Å². The van der Waals surface area contributed by atoms with Crippen LogP contribution in [0.25, 0.3) is 17.2 Å². The van der Waals surface area contributed by atoms with Crippen molar-refractivity contribution < 1.29 is 14.7 Å². The first-order chi connectivity index (χ1) is 11.5. The van der Waals surface area contributed by atoms with Crippen LogP contribution in [0.2, 0.25) is 0 Å². The van der Waals surface area contributed by atoms with Gasteiger partial charge in [0.2, 0.25) is 0 Å². The average molecular weight is 355 g/mol. The molecule has 1 heterocycles. The van der Waals surface area contributed by atoms with Crippen LogP contribution in [-0.2, 0) is 9.59 Å². The molecule has 0 radical (unpaired) electrons. The van der Waals surface area contributed by atoms with Gasteiger partial charge < -0.3 is 5.11 Å². The van der Waals surface area contributed by atoms with Crippen molar-refractivity contribution in [2.24, 2.45) is 0 Å². The van der Waals surface area contributed by atoms with Gasteiger partial charge in [0, 0.05) is 0 Å². The number of benzene rings is 2. The van der Waals surface area contributed by atoms with Crippen LogP contribution in [0.1, 0.15) is 5.56 Å². The summed E-state index contributed by atoms with van der Waals surface area (Å²) in [6, 6.07) is 17.8. The van der Waals surface area contributed by atoms with Crippen LogP contribution in [-0.4, -0.2) is 32.7 Å². The van der Waals surface area contributed by atoms with Gasteiger partial charge in [0.1, 0.15) is 10.9 Å². The lowest BCUT2D eigenvalue weighted by Crippen LogP contribution is -2.33. The zero-order valence-corrected chi connectivity index (χ0v) is 14.1. The molecule has 120 valence electrons. The molecule has 0 aromatic heterocycles. The third kappa shape index (κ3) is 3.55. The van der Waals surface area contributed by atoms with E-state index in [0.29, 0.717) is 4.91 Å². The third-order valence-electron chi connectivity index (χ3n) is 3.48. The first kappa shape index (κ1) is 16.4. The first-order valence-corrected chi connectivity index (χ1v) is 8.40. The van der Waals surface area contributed by atoms with Gasteiger partial charge in [-0.05, 0) is 22.8 Å². The number of rotatable bonds is 4. The van der Waals surface area contributed by atoms with Crippen molar-refractivity contribution >= 4 is 46.3 Å². The highest BCUT2D eigenvalue weighted by molar-refractivity contribution is 8.26. The highest BCUT2D eigenvalue weighted by Gasteiger charge is 2.33. The Hall–Kier alpha value is -2.44. The van der Waals surface area contributed by atoms with E-state index >= 15 is 0 Å². The Bertz CT molecular complexity index is 829. The fourth-order valence-corrected chi connectivity index (χ4v) is 3.58. The first-order valence-electron chi connectivity index (χ1n) is 7.17. The van der Waals surface area contributed by atoms with Gasteiger partial charge in [0.25, 0.3) is 5.91 Å². The van der Waals surface area contributed by atoms with Crippen LogP contribution in [0.3, 0.4) is 0 Å². The summed E-state index contributed by atoms with van der Waals surface area (Å²) in [4.78, 5) is 24.6. The summed E-state index contributed by atoms with van der Waals surface area (Å²) in [6.45, 7) is -0.408. The molecule has 0 unspecified atom stereocenters. The minimum Gasteiger partial charge on any atom is -0.480 e. The van der Waals surface area contributed by atoms with Gasteiger partial charge in [-0.2, -0.15) is 0 Å². The van der Waals surface area contributed by atoms with Gasteiger partial charge in [0.05, 0.1) is 4.91 Å². The van der Waals surface area contributed by atoms with E-state index < -0.39 is 12.5 Å². The summed E-state index contributed by atoms with van der Waals surface area (Å²) in [7, 11) is 0. The van der Waals surface area contributed by atoms with Crippen LogP contribution >= 0.6 is 24.0 Å². The lowest BCUT2D eigenvalue weighted by atomic mass is 10.0. The summed E-state index contributed by atoms with van der Waals surface area (Å²) in [5.41, 5.74) is 3.08. The van der Waals surface area contributed by atoms with Gasteiger partial charge in [-0.1, -0.05) is 78.6 Å². The molecule has 0 aliphatic carbocycles. The van der Waals surface area contributed by atoms with Gasteiger partial charge in [-0.3, -0.25) is 14.5 Å². The summed E-state index contributed by atoms with van der Waals surface area (Å²) in [5.74, 6) is -1.45. The minimum atomic E-state index is -1.08. The SMILES string of the molecule is O=C(O)CN1C(=O)C(=Cc2ccc(-c3ccccc3)cc2)SC1=S. The van der Waals surface area contributed by atoms with Crippen LogP contribution in [0.5, 0.6) is 0 Å². The Morgan fingerprint density at radius 1 is 1.08 bits per heavy atom. The minimum absolute atomic E-state index is 0.273. The Balaban J connectivity index is 1.81. The van der Waals surface area contributed by atoms with Crippen LogP contribution < -0.4 is 0 Å². The van der Waals surface area contributed by atoms with E-state index in [9.17, 15) is 9.59 Å². The maximum atomic E-state index is 12.2. The normalized spacial score (nSPS) is 16.0. The molecule has 0 atom stereocenters. The third-order valence-corrected chi connectivity index (χ3v) is 4.86. The second-order valence-corrected chi connectivity index (χ2v) is 6.83. The molecule has 1 aliphatic heterocycles. The molecule has 0 saturated carbocycles. The topological polar surface area (TPSA) is 57.6 Å². The molecule has 0 spiro atoms. The number of nitrogens with zero attached hydrogens (tertiary/aromatic N) is 1. The molecule has 1 fully saturated rings. The van der Waals surface area contributed by atoms with Crippen molar-refractivity contribution in [3.8, 4) is 11.1 Å². The van der Waals surface area contributed by atoms with Crippen molar-refractivity contribution in [3.63, 3.8) is 0 Å². The van der Waals surface area contributed by atoms with E-state index in [1.165, 1.54) is 0 Å². The molecule has 1 N–H and O–H groups in total. The molecule has 1 aliphatic rings. The number of carboxylic acid groups (broad SMARTS) is 1. The van der Waals surface area contributed by atoms with E-state index in [1.807, 2.05) is 54.6 Å². The lowest BCUT2D eigenvalue weighted by molar-refractivity contribution is -0.140. The van der Waals surface area contributed by atoms with Crippen LogP contribution in [0.15, 0.2) is 59.5 Å². The number of hydrogen-bond donors (Lipinski definition) is 1. The van der Waals surface area contributed by atoms with Gasteiger partial charge in [-0.25, -0.2) is 0 Å². The van der Waals surface area contributed by atoms with Crippen molar-refractivity contribution in [2.75, 3.05) is 6.54 Å². The molecular formula is C18H13NO3S2. The second kappa shape index (κ2) is 6.98. The fourth-order valence-electron chi connectivity index (χ4n) is 2.33. The Kier molecular flexibility index (Phi) is 4.78. The number of carbonyl (C=O) groups is 2. The van der Waals surface area contributed by atoms with E-state index in [1.54, 1.807) is 6.08 Å². The molecule has 4 nitrogen and oxygen atoms in total. The van der Waals surface area contributed by atoms with Gasteiger partial charge in [-0.15, -0.1) is 0 Å². The van der Waals surface area contributed by atoms with Gasteiger partial charge >= 0.3 is 5.97 Å². The molecule has 24 heavy (non-hydrogen) atoms. The summed E-state index contributed by atoms with van der Waals surface area (Å²) < 4.78 is 0.273. The average Bonchev–Trinajstić information content (AvgIpc) is 2.83. The number of carboxylic acids is 1. The number of amides is 1. The maximum absolute atomic E-state index is 12.2. The number of thioether (sulfide) groups is 1. The van der Waals surface area contributed by atoms with E-state index in [0.717, 1.165) is 33.4 Å². The smallest absolute Gasteiger partial charge is 0.323 e. The number of carbonyl (C=O) groups excluding carboxylic acids is 1. The predicted octanol–water partition coefficient (Wildman–Crippen LogP) is 3.64. The highest BCUT2D eigenvalue weighted by atomic mass is 32.2. The monoisotopic (exact) mass is 355 g/mol. The molecule has 3 rings (SSSR count). The molecule has 2 aromatic carbocycles. The van der Waals surface area contributed by atoms with E-state index in [2.05, 4.69) is 0 Å². The number of hydrogen-bond acceptors (Lipinski definition) is 4.